The average Bonchev–Trinajstić information content (AvgIpc) is 2.96. The molecule has 0 aliphatic carbocycles. The lowest BCUT2D eigenvalue weighted by Gasteiger charge is -2.17. The van der Waals surface area contributed by atoms with E-state index < -0.39 is 0 Å². The average molecular weight is 336 g/mol. The van der Waals surface area contributed by atoms with Crippen LogP contribution in [-0.4, -0.2) is 23.2 Å². The maximum absolute atomic E-state index is 12.4. The van der Waals surface area contributed by atoms with Gasteiger partial charge in [0.15, 0.2) is 0 Å². The number of para-hydroxylation sites is 1. The van der Waals surface area contributed by atoms with Gasteiger partial charge in [-0.25, -0.2) is 0 Å². The summed E-state index contributed by atoms with van der Waals surface area (Å²) >= 11 is 0. The minimum atomic E-state index is -0.369. The highest BCUT2D eigenvalue weighted by Crippen LogP contribution is 2.22. The zero-order chi connectivity index (χ0) is 17.6. The summed E-state index contributed by atoms with van der Waals surface area (Å²) in [4.78, 5) is 12.4. The van der Waals surface area contributed by atoms with Crippen molar-refractivity contribution in [1.82, 2.24) is 9.88 Å². The second kappa shape index (κ2) is 7.99. The largest absolute Gasteiger partial charge is 0.465 e. The lowest BCUT2D eigenvalue weighted by Crippen LogP contribution is -2.39. The van der Waals surface area contributed by atoms with E-state index in [9.17, 15) is 4.79 Å². The quantitative estimate of drug-likeness (QED) is 0.672. The Morgan fingerprint density at radius 1 is 1.12 bits per heavy atom. The smallest absolute Gasteiger partial charge is 0.323 e. The molecule has 3 aromatic rings. The normalized spacial score (nSPS) is 12.2. The molecule has 1 atom stereocenters. The zero-order valence-electron chi connectivity index (χ0n) is 14.7. The summed E-state index contributed by atoms with van der Waals surface area (Å²) in [6.45, 7) is 2.86. The van der Waals surface area contributed by atoms with E-state index in [1.165, 1.54) is 10.9 Å². The number of carbonyl (C=O) groups is 1. The van der Waals surface area contributed by atoms with Gasteiger partial charge in [-0.15, -0.1) is 0 Å². The van der Waals surface area contributed by atoms with Crippen molar-refractivity contribution in [1.29, 1.82) is 0 Å². The summed E-state index contributed by atoms with van der Waals surface area (Å²) in [7, 11) is 2.03. The summed E-state index contributed by atoms with van der Waals surface area (Å²) in [5.74, 6) is -0.202. The predicted molar refractivity (Wildman–Crippen MR) is 100 cm³/mol. The highest BCUT2D eigenvalue weighted by molar-refractivity contribution is 5.85. The summed E-state index contributed by atoms with van der Waals surface area (Å²) in [5.41, 5.74) is 3.47. The van der Waals surface area contributed by atoms with E-state index in [1.54, 1.807) is 0 Å². The number of benzene rings is 2. The molecule has 0 amide bonds. The molecule has 4 nitrogen and oxygen atoms in total. The second-order valence-corrected chi connectivity index (χ2v) is 6.16. The maximum atomic E-state index is 12.4. The van der Waals surface area contributed by atoms with Crippen LogP contribution in [0.1, 0.15) is 18.1 Å². The number of rotatable bonds is 7. The Hall–Kier alpha value is -2.59. The van der Waals surface area contributed by atoms with Crippen molar-refractivity contribution < 1.29 is 9.53 Å². The molecule has 3 rings (SSSR count). The van der Waals surface area contributed by atoms with Crippen LogP contribution in [0.25, 0.3) is 10.9 Å². The molecule has 1 N–H and O–H groups in total. The van der Waals surface area contributed by atoms with Crippen LogP contribution in [0.5, 0.6) is 0 Å². The number of nitrogens with one attached hydrogen (secondary N) is 1. The highest BCUT2D eigenvalue weighted by Gasteiger charge is 2.21. The Kier molecular flexibility index (Phi) is 5.51. The number of hydrogen-bond donors (Lipinski definition) is 1. The van der Waals surface area contributed by atoms with E-state index in [-0.39, 0.29) is 12.0 Å². The number of hydrogen-bond acceptors (Lipinski definition) is 3. The first-order valence-electron chi connectivity index (χ1n) is 8.66. The fourth-order valence-electron chi connectivity index (χ4n) is 3.13. The first kappa shape index (κ1) is 17.2. The number of fused-ring (bicyclic) bond motifs is 1. The van der Waals surface area contributed by atoms with Crippen molar-refractivity contribution in [3.8, 4) is 0 Å². The molecule has 0 saturated heterocycles. The first-order valence-corrected chi connectivity index (χ1v) is 8.66. The van der Waals surface area contributed by atoms with Crippen LogP contribution in [0.3, 0.4) is 0 Å². The molecule has 25 heavy (non-hydrogen) atoms. The molecule has 0 bridgehead atoms. The van der Waals surface area contributed by atoms with Crippen molar-refractivity contribution >= 4 is 16.9 Å². The zero-order valence-corrected chi connectivity index (χ0v) is 14.7. The molecule has 130 valence electrons. The van der Waals surface area contributed by atoms with Crippen molar-refractivity contribution in [2.75, 3.05) is 6.61 Å². The standard InChI is InChI=1S/C21H24N2O2/c1-3-25-21(24)19(22-14-16-9-5-4-6-10-16)13-17-15-23(2)20-12-8-7-11-18(17)20/h4-12,15,19,22H,3,13-14H2,1-2H3/t19-/m0/s1. The summed E-state index contributed by atoms with van der Waals surface area (Å²) in [6.07, 6.45) is 2.70. The molecule has 1 aromatic heterocycles. The van der Waals surface area contributed by atoms with E-state index in [1.807, 2.05) is 56.4 Å². The molecular weight excluding hydrogens is 312 g/mol. The first-order chi connectivity index (χ1) is 12.2. The molecule has 0 aliphatic heterocycles. The SMILES string of the molecule is CCOC(=O)[C@H](Cc1cn(C)c2ccccc12)NCc1ccccc1. The van der Waals surface area contributed by atoms with Gasteiger partial charge in [-0.1, -0.05) is 48.5 Å². The highest BCUT2D eigenvalue weighted by atomic mass is 16.5. The van der Waals surface area contributed by atoms with E-state index >= 15 is 0 Å². The summed E-state index contributed by atoms with van der Waals surface area (Å²) in [5, 5.41) is 4.54. The van der Waals surface area contributed by atoms with Crippen molar-refractivity contribution in [2.24, 2.45) is 7.05 Å². The molecule has 0 aliphatic rings. The van der Waals surface area contributed by atoms with Crippen LogP contribution in [0, 0.1) is 0 Å². The van der Waals surface area contributed by atoms with E-state index in [2.05, 4.69) is 28.2 Å². The summed E-state index contributed by atoms with van der Waals surface area (Å²) < 4.78 is 7.38. The molecular formula is C21H24N2O2. The fraction of sp³-hybridized carbons (Fsp3) is 0.286. The van der Waals surface area contributed by atoms with Crippen LogP contribution in [-0.2, 0) is 29.5 Å². The van der Waals surface area contributed by atoms with Gasteiger partial charge in [-0.05, 0) is 24.1 Å². The van der Waals surface area contributed by atoms with Crippen LogP contribution in [0.15, 0.2) is 60.8 Å². The number of carbonyl (C=O) groups excluding carboxylic acids is 1. The number of ether oxygens (including phenoxy) is 1. The van der Waals surface area contributed by atoms with E-state index in [0.717, 1.165) is 11.1 Å². The van der Waals surface area contributed by atoms with Gasteiger partial charge in [-0.3, -0.25) is 4.79 Å². The molecule has 1 heterocycles. The Morgan fingerprint density at radius 2 is 1.84 bits per heavy atom. The van der Waals surface area contributed by atoms with Gasteiger partial charge in [0, 0.05) is 37.1 Å². The third-order valence-corrected chi connectivity index (χ3v) is 4.37. The van der Waals surface area contributed by atoms with Gasteiger partial charge >= 0.3 is 5.97 Å². The Bertz CT molecular complexity index is 839. The van der Waals surface area contributed by atoms with Gasteiger partial charge in [-0.2, -0.15) is 0 Å². The van der Waals surface area contributed by atoms with Gasteiger partial charge in [0.25, 0.3) is 0 Å². The number of nitrogens with zero attached hydrogens (tertiary/aromatic N) is 1. The van der Waals surface area contributed by atoms with Crippen LogP contribution >= 0.6 is 0 Å². The van der Waals surface area contributed by atoms with Crippen molar-refractivity contribution in [2.45, 2.75) is 25.9 Å². The summed E-state index contributed by atoms with van der Waals surface area (Å²) in [6, 6.07) is 18.0. The monoisotopic (exact) mass is 336 g/mol. The topological polar surface area (TPSA) is 43.3 Å². The van der Waals surface area contributed by atoms with E-state index in [0.29, 0.717) is 19.6 Å². The lowest BCUT2D eigenvalue weighted by molar-refractivity contribution is -0.145. The van der Waals surface area contributed by atoms with Crippen LogP contribution in [0.2, 0.25) is 0 Å². The predicted octanol–water partition coefficient (Wildman–Crippen LogP) is 3.44. The molecule has 0 spiro atoms. The minimum Gasteiger partial charge on any atom is -0.465 e. The second-order valence-electron chi connectivity index (χ2n) is 6.16. The van der Waals surface area contributed by atoms with Crippen molar-refractivity contribution in [3.63, 3.8) is 0 Å². The third-order valence-electron chi connectivity index (χ3n) is 4.37. The van der Waals surface area contributed by atoms with Gasteiger partial charge in [0.05, 0.1) is 6.61 Å². The number of esters is 1. The molecule has 0 saturated carbocycles. The van der Waals surface area contributed by atoms with Crippen LogP contribution < -0.4 is 5.32 Å². The van der Waals surface area contributed by atoms with Gasteiger partial charge < -0.3 is 14.6 Å². The molecule has 4 heteroatoms. The maximum Gasteiger partial charge on any atom is 0.323 e. The fourth-order valence-corrected chi connectivity index (χ4v) is 3.13. The number of aryl methyl sites for hydroxylation is 1. The Morgan fingerprint density at radius 3 is 2.60 bits per heavy atom. The van der Waals surface area contributed by atoms with Crippen molar-refractivity contribution in [3.05, 3.63) is 71.9 Å². The minimum absolute atomic E-state index is 0.202. The van der Waals surface area contributed by atoms with Gasteiger partial charge in [0.2, 0.25) is 0 Å². The molecule has 0 unspecified atom stereocenters. The third kappa shape index (κ3) is 4.09. The molecule has 0 radical (unpaired) electrons. The Labute approximate surface area is 148 Å². The van der Waals surface area contributed by atoms with Crippen LogP contribution in [0.4, 0.5) is 0 Å². The molecule has 2 aromatic carbocycles. The van der Waals surface area contributed by atoms with E-state index in [4.69, 9.17) is 4.74 Å². The molecule has 0 fully saturated rings. The number of aromatic nitrogens is 1. The van der Waals surface area contributed by atoms with Gasteiger partial charge in [0.1, 0.15) is 6.04 Å². The Balaban J connectivity index is 1.80. The lowest BCUT2D eigenvalue weighted by atomic mass is 10.0.